The summed E-state index contributed by atoms with van der Waals surface area (Å²) in [6.45, 7) is 4.86. The molecule has 0 saturated carbocycles. The number of nitrogens with one attached hydrogen (secondary N) is 1. The summed E-state index contributed by atoms with van der Waals surface area (Å²) >= 11 is 0. The lowest BCUT2D eigenvalue weighted by Crippen LogP contribution is -2.38. The fraction of sp³-hybridized carbons (Fsp3) is 0.500. The first-order valence-corrected chi connectivity index (χ1v) is 4.96. The predicted molar refractivity (Wildman–Crippen MR) is 55.2 cm³/mol. The smallest absolute Gasteiger partial charge is 0.325 e. The Bertz CT molecular complexity index is 411. The molecule has 2 N–H and O–H groups in total. The van der Waals surface area contributed by atoms with Crippen molar-refractivity contribution in [3.8, 4) is 0 Å². The average Bonchev–Trinajstić information content (AvgIpc) is 2.59. The van der Waals surface area contributed by atoms with Gasteiger partial charge < -0.3 is 14.9 Å². The van der Waals surface area contributed by atoms with Crippen LogP contribution in [0.15, 0.2) is 4.52 Å². The van der Waals surface area contributed by atoms with Gasteiger partial charge in [0, 0.05) is 0 Å². The molecule has 1 aromatic rings. The van der Waals surface area contributed by atoms with E-state index in [-0.39, 0.29) is 0 Å². The van der Waals surface area contributed by atoms with Gasteiger partial charge in [0.2, 0.25) is 0 Å². The van der Waals surface area contributed by atoms with Gasteiger partial charge in [0.15, 0.2) is 0 Å². The fourth-order valence-electron chi connectivity index (χ4n) is 1.28. The maximum absolute atomic E-state index is 11.7. The molecule has 1 amide bonds. The zero-order valence-electron chi connectivity index (χ0n) is 9.40. The Morgan fingerprint density at radius 2 is 2.19 bits per heavy atom. The predicted octanol–water partition coefficient (Wildman–Crippen LogP) is 0.748. The van der Waals surface area contributed by atoms with Crippen molar-refractivity contribution in [3.63, 3.8) is 0 Å². The molecule has 0 fully saturated rings. The maximum atomic E-state index is 11.7. The molecule has 1 heterocycles. The van der Waals surface area contributed by atoms with Crippen molar-refractivity contribution in [3.05, 3.63) is 17.0 Å². The minimum atomic E-state index is -1.08. The second kappa shape index (κ2) is 4.78. The SMILES string of the molecule is CCc1noc(C)c1C(=O)N[C@@H](C)C(=O)O. The third-order valence-electron chi connectivity index (χ3n) is 2.21. The van der Waals surface area contributed by atoms with Crippen molar-refractivity contribution < 1.29 is 19.2 Å². The average molecular weight is 226 g/mol. The van der Waals surface area contributed by atoms with E-state index in [0.717, 1.165) is 0 Å². The number of amides is 1. The van der Waals surface area contributed by atoms with Crippen LogP contribution in [0.5, 0.6) is 0 Å². The van der Waals surface area contributed by atoms with Crippen LogP contribution in [0.25, 0.3) is 0 Å². The van der Waals surface area contributed by atoms with Crippen LogP contribution in [-0.4, -0.2) is 28.2 Å². The Morgan fingerprint density at radius 1 is 1.56 bits per heavy atom. The van der Waals surface area contributed by atoms with E-state index < -0.39 is 17.9 Å². The zero-order valence-corrected chi connectivity index (χ0v) is 9.40. The summed E-state index contributed by atoms with van der Waals surface area (Å²) in [5.74, 6) is -1.15. The molecule has 0 aliphatic carbocycles. The number of rotatable bonds is 4. The van der Waals surface area contributed by atoms with E-state index in [0.29, 0.717) is 23.4 Å². The summed E-state index contributed by atoms with van der Waals surface area (Å²) < 4.78 is 4.89. The summed E-state index contributed by atoms with van der Waals surface area (Å²) in [7, 11) is 0. The fourth-order valence-corrected chi connectivity index (χ4v) is 1.28. The molecule has 0 spiro atoms. The molecule has 0 unspecified atom stereocenters. The van der Waals surface area contributed by atoms with Crippen molar-refractivity contribution in [2.45, 2.75) is 33.2 Å². The number of nitrogens with zero attached hydrogens (tertiary/aromatic N) is 1. The van der Waals surface area contributed by atoms with Crippen LogP contribution in [0.2, 0.25) is 0 Å². The second-order valence-corrected chi connectivity index (χ2v) is 3.45. The van der Waals surface area contributed by atoms with Gasteiger partial charge in [0.1, 0.15) is 17.4 Å². The van der Waals surface area contributed by atoms with E-state index in [1.165, 1.54) is 6.92 Å². The van der Waals surface area contributed by atoms with E-state index in [1.54, 1.807) is 6.92 Å². The number of carbonyl (C=O) groups is 2. The molecule has 0 saturated heterocycles. The summed E-state index contributed by atoms with van der Waals surface area (Å²) in [5, 5.41) is 14.8. The molecule has 0 bridgehead atoms. The molecule has 1 atom stereocenters. The molecule has 0 radical (unpaired) electrons. The lowest BCUT2D eigenvalue weighted by atomic mass is 10.1. The summed E-state index contributed by atoms with van der Waals surface area (Å²) in [4.78, 5) is 22.3. The van der Waals surface area contributed by atoms with Gasteiger partial charge in [-0.05, 0) is 20.3 Å². The van der Waals surface area contributed by atoms with Crippen molar-refractivity contribution in [1.29, 1.82) is 0 Å². The zero-order chi connectivity index (χ0) is 12.3. The molecule has 6 heteroatoms. The highest BCUT2D eigenvalue weighted by atomic mass is 16.5. The maximum Gasteiger partial charge on any atom is 0.325 e. The van der Waals surface area contributed by atoms with Gasteiger partial charge in [-0.1, -0.05) is 12.1 Å². The Kier molecular flexibility index (Phi) is 3.65. The number of carbonyl (C=O) groups excluding carboxylic acids is 1. The molecule has 1 aromatic heterocycles. The van der Waals surface area contributed by atoms with Crippen LogP contribution in [0.1, 0.15) is 35.7 Å². The van der Waals surface area contributed by atoms with E-state index in [2.05, 4.69) is 10.5 Å². The van der Waals surface area contributed by atoms with Gasteiger partial charge in [0.05, 0.1) is 5.69 Å². The number of aryl methyl sites for hydroxylation is 2. The van der Waals surface area contributed by atoms with Crippen molar-refractivity contribution >= 4 is 11.9 Å². The van der Waals surface area contributed by atoms with Crippen LogP contribution < -0.4 is 5.32 Å². The Hall–Kier alpha value is -1.85. The van der Waals surface area contributed by atoms with E-state index in [9.17, 15) is 9.59 Å². The lowest BCUT2D eigenvalue weighted by Gasteiger charge is -2.08. The van der Waals surface area contributed by atoms with Crippen LogP contribution in [0.3, 0.4) is 0 Å². The number of aromatic nitrogens is 1. The first-order chi connectivity index (χ1) is 7.47. The first-order valence-electron chi connectivity index (χ1n) is 4.96. The minimum absolute atomic E-state index is 0.329. The van der Waals surface area contributed by atoms with Crippen LogP contribution in [-0.2, 0) is 11.2 Å². The highest BCUT2D eigenvalue weighted by molar-refractivity contribution is 5.98. The van der Waals surface area contributed by atoms with Gasteiger partial charge in [-0.25, -0.2) is 0 Å². The molecule has 6 nitrogen and oxygen atoms in total. The number of carboxylic acid groups (broad SMARTS) is 1. The molecule has 0 aliphatic heterocycles. The van der Waals surface area contributed by atoms with Crippen LogP contribution in [0, 0.1) is 6.92 Å². The van der Waals surface area contributed by atoms with Gasteiger partial charge >= 0.3 is 5.97 Å². The largest absolute Gasteiger partial charge is 0.480 e. The Balaban J connectivity index is 2.88. The second-order valence-electron chi connectivity index (χ2n) is 3.45. The van der Waals surface area contributed by atoms with Gasteiger partial charge in [-0.15, -0.1) is 0 Å². The highest BCUT2D eigenvalue weighted by Crippen LogP contribution is 2.13. The van der Waals surface area contributed by atoms with E-state index in [4.69, 9.17) is 9.63 Å². The summed E-state index contributed by atoms with van der Waals surface area (Å²) in [6.07, 6.45) is 0.557. The monoisotopic (exact) mass is 226 g/mol. The number of hydrogen-bond donors (Lipinski definition) is 2. The van der Waals surface area contributed by atoms with E-state index in [1.807, 2.05) is 6.92 Å². The molecular weight excluding hydrogens is 212 g/mol. The van der Waals surface area contributed by atoms with Crippen molar-refractivity contribution in [2.24, 2.45) is 0 Å². The molecule has 88 valence electrons. The molecule has 16 heavy (non-hydrogen) atoms. The topological polar surface area (TPSA) is 92.4 Å². The third-order valence-corrected chi connectivity index (χ3v) is 2.21. The first kappa shape index (κ1) is 12.2. The number of carboxylic acids is 1. The van der Waals surface area contributed by atoms with Crippen LogP contribution in [0.4, 0.5) is 0 Å². The van der Waals surface area contributed by atoms with Gasteiger partial charge in [-0.2, -0.15) is 0 Å². The lowest BCUT2D eigenvalue weighted by molar-refractivity contribution is -0.138. The van der Waals surface area contributed by atoms with Gasteiger partial charge in [0.25, 0.3) is 5.91 Å². The quantitative estimate of drug-likeness (QED) is 0.790. The standard InChI is InChI=1S/C10H14N2O4/c1-4-7-8(6(3)16-12-7)9(13)11-5(2)10(14)15/h5H,4H2,1-3H3,(H,11,13)(H,14,15)/t5-/m0/s1. The highest BCUT2D eigenvalue weighted by Gasteiger charge is 2.22. The normalized spacial score (nSPS) is 12.2. The summed E-state index contributed by atoms with van der Waals surface area (Å²) in [6, 6.07) is -0.938. The Morgan fingerprint density at radius 3 is 2.69 bits per heavy atom. The number of aliphatic carboxylic acids is 1. The summed E-state index contributed by atoms with van der Waals surface area (Å²) in [5.41, 5.74) is 0.864. The van der Waals surface area contributed by atoms with Crippen molar-refractivity contribution in [1.82, 2.24) is 10.5 Å². The van der Waals surface area contributed by atoms with Gasteiger partial charge in [-0.3, -0.25) is 9.59 Å². The van der Waals surface area contributed by atoms with Crippen LogP contribution >= 0.6 is 0 Å². The molecule has 0 aliphatic rings. The molecule has 0 aromatic carbocycles. The molecular formula is C10H14N2O4. The third kappa shape index (κ3) is 2.39. The van der Waals surface area contributed by atoms with Crippen molar-refractivity contribution in [2.75, 3.05) is 0 Å². The Labute approximate surface area is 92.6 Å². The molecule has 1 rings (SSSR count). The number of hydrogen-bond acceptors (Lipinski definition) is 4. The van der Waals surface area contributed by atoms with E-state index >= 15 is 0 Å². The minimum Gasteiger partial charge on any atom is -0.480 e.